The van der Waals surface area contributed by atoms with Crippen LogP contribution in [-0.2, 0) is 0 Å². The van der Waals surface area contributed by atoms with Gasteiger partial charge in [0.15, 0.2) is 0 Å². The monoisotopic (exact) mass is 207 g/mol. The van der Waals surface area contributed by atoms with Crippen molar-refractivity contribution < 1.29 is 4.79 Å². The van der Waals surface area contributed by atoms with Gasteiger partial charge in [-0.1, -0.05) is 11.6 Å². The molecule has 0 radical (unpaired) electrons. The Bertz CT molecular complexity index is 183. The molecule has 0 spiro atoms. The van der Waals surface area contributed by atoms with Crippen molar-refractivity contribution in [1.29, 1.82) is 0 Å². The number of alkyl halides is 1. The summed E-state index contributed by atoms with van der Waals surface area (Å²) in [7, 11) is 0. The first-order chi connectivity index (χ1) is 6.08. The van der Waals surface area contributed by atoms with Crippen LogP contribution < -0.4 is 0 Å². The Kier molecular flexibility index (Phi) is 5.37. The van der Waals surface area contributed by atoms with Crippen LogP contribution in [0.4, 0.5) is 4.79 Å². The first kappa shape index (κ1) is 12.2. The Labute approximate surface area is 82.6 Å². The van der Waals surface area contributed by atoms with Gasteiger partial charge in [-0.2, -0.15) is 5.01 Å². The Hall–Kier alpha value is -0.840. The molecule has 6 heteroatoms. The number of hydrogen-bond donors (Lipinski definition) is 0. The van der Waals surface area contributed by atoms with Gasteiger partial charge < -0.3 is 4.90 Å². The smallest absolute Gasteiger partial charge is 0.324 e. The van der Waals surface area contributed by atoms with E-state index in [1.807, 2.05) is 13.8 Å². The van der Waals surface area contributed by atoms with Crippen molar-refractivity contribution in [3.8, 4) is 0 Å². The number of urea groups is 1. The summed E-state index contributed by atoms with van der Waals surface area (Å²) < 4.78 is 0. The predicted molar refractivity (Wildman–Crippen MR) is 51.3 cm³/mol. The van der Waals surface area contributed by atoms with Gasteiger partial charge >= 0.3 is 6.03 Å². The molecule has 1 atom stereocenters. The molecule has 1 unspecified atom stereocenters. The molecular weight excluding hydrogens is 194 g/mol. The fourth-order valence-electron chi connectivity index (χ4n) is 0.891. The topological polar surface area (TPSA) is 53.0 Å². The summed E-state index contributed by atoms with van der Waals surface area (Å²) >= 11 is 5.58. The number of carbonyl (C=O) groups is 1. The minimum Gasteiger partial charge on any atom is -0.324 e. The normalized spacial score (nSPS) is 12.0. The summed E-state index contributed by atoms with van der Waals surface area (Å²) in [4.78, 5) is 23.2. The van der Waals surface area contributed by atoms with Gasteiger partial charge in [-0.3, -0.25) is 0 Å². The molecule has 76 valence electrons. The summed E-state index contributed by atoms with van der Waals surface area (Å²) in [5, 5.41) is 3.28. The van der Waals surface area contributed by atoms with E-state index in [9.17, 15) is 9.70 Å². The van der Waals surface area contributed by atoms with Gasteiger partial charge in [0.05, 0.1) is 5.29 Å². The summed E-state index contributed by atoms with van der Waals surface area (Å²) in [6.07, 6.45) is 0. The van der Waals surface area contributed by atoms with E-state index in [2.05, 4.69) is 5.29 Å². The van der Waals surface area contributed by atoms with E-state index in [1.54, 1.807) is 0 Å². The van der Waals surface area contributed by atoms with Crippen molar-refractivity contribution in [2.45, 2.75) is 26.3 Å². The molecule has 0 heterocycles. The van der Waals surface area contributed by atoms with Crippen LogP contribution in [0.2, 0.25) is 0 Å². The summed E-state index contributed by atoms with van der Waals surface area (Å²) in [5.41, 5.74) is -0.717. The van der Waals surface area contributed by atoms with Crippen LogP contribution in [-0.4, -0.2) is 34.5 Å². The number of nitrogens with zero attached hydrogens (tertiary/aromatic N) is 3. The van der Waals surface area contributed by atoms with Crippen LogP contribution in [0.15, 0.2) is 5.29 Å². The van der Waals surface area contributed by atoms with Crippen LogP contribution in [0.5, 0.6) is 0 Å². The van der Waals surface area contributed by atoms with E-state index in [0.717, 1.165) is 0 Å². The molecule has 2 amide bonds. The molecular formula is C7H14ClN3O2. The van der Waals surface area contributed by atoms with E-state index in [1.165, 1.54) is 11.8 Å². The fraction of sp³-hybridized carbons (Fsp3) is 0.857. The van der Waals surface area contributed by atoms with Crippen LogP contribution in [0.25, 0.3) is 0 Å². The Morgan fingerprint density at radius 2 is 1.92 bits per heavy atom. The maximum atomic E-state index is 11.5. The van der Waals surface area contributed by atoms with Gasteiger partial charge in [0.1, 0.15) is 5.50 Å². The van der Waals surface area contributed by atoms with Gasteiger partial charge in [-0.25, -0.2) is 4.79 Å². The van der Waals surface area contributed by atoms with Gasteiger partial charge in [-0.05, 0) is 20.8 Å². The van der Waals surface area contributed by atoms with Crippen LogP contribution in [0.1, 0.15) is 20.8 Å². The standard InChI is InChI=1S/C7H14ClN3O2/c1-4-10(5-2)7(12)11(9-13)6(3)8/h6H,4-5H2,1-3H3. The molecule has 0 aliphatic rings. The highest BCUT2D eigenvalue weighted by Gasteiger charge is 2.23. The highest BCUT2D eigenvalue weighted by molar-refractivity contribution is 6.20. The van der Waals surface area contributed by atoms with Crippen molar-refractivity contribution in [1.82, 2.24) is 9.91 Å². The number of halogens is 1. The number of amides is 2. The number of nitroso groups, excluding NO2 is 1. The highest BCUT2D eigenvalue weighted by atomic mass is 35.5. The average Bonchev–Trinajstić information content (AvgIpc) is 2.07. The maximum Gasteiger partial charge on any atom is 0.344 e. The highest BCUT2D eigenvalue weighted by Crippen LogP contribution is 2.08. The van der Waals surface area contributed by atoms with Gasteiger partial charge in [0.25, 0.3) is 0 Å². The molecule has 0 aliphatic heterocycles. The molecule has 0 aliphatic carbocycles. The zero-order chi connectivity index (χ0) is 10.4. The van der Waals surface area contributed by atoms with E-state index in [4.69, 9.17) is 11.6 Å². The fourth-order valence-corrected chi connectivity index (χ4v) is 1.01. The SMILES string of the molecule is CCN(CC)C(=O)N(N=O)C(C)Cl. The zero-order valence-corrected chi connectivity index (χ0v) is 8.78. The second-order valence-corrected chi connectivity index (χ2v) is 3.09. The molecule has 5 nitrogen and oxygen atoms in total. The zero-order valence-electron chi connectivity index (χ0n) is 8.03. The van der Waals surface area contributed by atoms with E-state index >= 15 is 0 Å². The molecule has 13 heavy (non-hydrogen) atoms. The third-order valence-corrected chi connectivity index (χ3v) is 1.84. The third kappa shape index (κ3) is 3.18. The van der Waals surface area contributed by atoms with Crippen molar-refractivity contribution >= 4 is 17.6 Å². The number of hydrogen-bond acceptors (Lipinski definition) is 3. The average molecular weight is 208 g/mol. The van der Waals surface area contributed by atoms with Gasteiger partial charge in [0.2, 0.25) is 0 Å². The Morgan fingerprint density at radius 1 is 1.46 bits per heavy atom. The minimum atomic E-state index is -0.717. The molecule has 0 N–H and O–H groups in total. The van der Waals surface area contributed by atoms with Crippen LogP contribution in [0, 0.1) is 4.91 Å². The summed E-state index contributed by atoms with van der Waals surface area (Å²) in [6, 6.07) is -0.456. The molecule has 0 aromatic heterocycles. The lowest BCUT2D eigenvalue weighted by atomic mass is 10.5. The Morgan fingerprint density at radius 3 is 2.15 bits per heavy atom. The summed E-state index contributed by atoms with van der Waals surface area (Å²) in [5.74, 6) is 0. The molecule has 0 rings (SSSR count). The first-order valence-corrected chi connectivity index (χ1v) is 4.57. The lowest BCUT2D eigenvalue weighted by Gasteiger charge is -2.24. The van der Waals surface area contributed by atoms with E-state index in [-0.39, 0.29) is 0 Å². The van der Waals surface area contributed by atoms with Crippen molar-refractivity contribution in [3.63, 3.8) is 0 Å². The van der Waals surface area contributed by atoms with Crippen LogP contribution in [0.3, 0.4) is 0 Å². The molecule has 0 aromatic rings. The molecule has 0 saturated heterocycles. The predicted octanol–water partition coefficient (Wildman–Crippen LogP) is 2.02. The molecule has 0 fully saturated rings. The van der Waals surface area contributed by atoms with Crippen molar-refractivity contribution in [2.24, 2.45) is 5.29 Å². The van der Waals surface area contributed by atoms with Gasteiger partial charge in [0, 0.05) is 13.1 Å². The van der Waals surface area contributed by atoms with Crippen LogP contribution >= 0.6 is 11.6 Å². The largest absolute Gasteiger partial charge is 0.344 e. The van der Waals surface area contributed by atoms with E-state index in [0.29, 0.717) is 18.1 Å². The van der Waals surface area contributed by atoms with Crippen molar-refractivity contribution in [2.75, 3.05) is 13.1 Å². The van der Waals surface area contributed by atoms with Gasteiger partial charge in [-0.15, -0.1) is 4.91 Å². The third-order valence-electron chi connectivity index (χ3n) is 1.65. The lowest BCUT2D eigenvalue weighted by molar-refractivity contribution is 0.155. The number of carbonyl (C=O) groups excluding carboxylic acids is 1. The molecule has 0 saturated carbocycles. The quantitative estimate of drug-likeness (QED) is 0.307. The number of rotatable bonds is 4. The summed E-state index contributed by atoms with van der Waals surface area (Å²) in [6.45, 7) is 6.23. The second-order valence-electron chi connectivity index (χ2n) is 2.46. The maximum absolute atomic E-state index is 11.5. The molecule has 0 bridgehead atoms. The second kappa shape index (κ2) is 5.75. The van der Waals surface area contributed by atoms with Crippen molar-refractivity contribution in [3.05, 3.63) is 4.91 Å². The van der Waals surface area contributed by atoms with E-state index < -0.39 is 11.5 Å². The first-order valence-electron chi connectivity index (χ1n) is 4.13. The lowest BCUT2D eigenvalue weighted by Crippen LogP contribution is -2.42. The minimum absolute atomic E-state index is 0.456. The molecule has 0 aromatic carbocycles. The Balaban J connectivity index is 4.43.